The molecule has 2 aromatic rings. The summed E-state index contributed by atoms with van der Waals surface area (Å²) in [6, 6.07) is 11.7. The molecular weight excluding hydrogens is 327 g/mol. The fraction of sp³-hybridized carbons (Fsp3) is 0.125. The Balaban J connectivity index is 1.81. The number of esters is 2. The average Bonchev–Trinajstić information content (AvgIpc) is 2.51. The van der Waals surface area contributed by atoms with E-state index < -0.39 is 18.0 Å². The van der Waals surface area contributed by atoms with E-state index >= 15 is 0 Å². The SMILES string of the molecule is O=C1OC(C(=O)Oc2c(Cl)cccc2Cl)Cc2ccccc21. The van der Waals surface area contributed by atoms with Crippen LogP contribution in [0, 0.1) is 0 Å². The fourth-order valence-corrected chi connectivity index (χ4v) is 2.68. The van der Waals surface area contributed by atoms with Crippen LogP contribution in [0.15, 0.2) is 42.5 Å². The zero-order valence-corrected chi connectivity index (χ0v) is 12.7. The lowest BCUT2D eigenvalue weighted by atomic mass is 9.99. The summed E-state index contributed by atoms with van der Waals surface area (Å²) in [5, 5.41) is 0.423. The molecule has 0 saturated carbocycles. The molecule has 0 amide bonds. The number of carbonyl (C=O) groups is 2. The third-order valence-electron chi connectivity index (χ3n) is 3.28. The van der Waals surface area contributed by atoms with Crippen LogP contribution in [0.25, 0.3) is 0 Å². The molecule has 0 radical (unpaired) electrons. The molecule has 6 heteroatoms. The summed E-state index contributed by atoms with van der Waals surface area (Å²) in [4.78, 5) is 24.1. The molecule has 1 aliphatic heterocycles. The van der Waals surface area contributed by atoms with Gasteiger partial charge in [0, 0.05) is 6.42 Å². The van der Waals surface area contributed by atoms with Gasteiger partial charge in [0.25, 0.3) is 0 Å². The van der Waals surface area contributed by atoms with Crippen molar-refractivity contribution < 1.29 is 19.1 Å². The normalized spacial score (nSPS) is 16.6. The van der Waals surface area contributed by atoms with Gasteiger partial charge in [0.15, 0.2) is 5.75 Å². The molecule has 1 unspecified atom stereocenters. The Kier molecular flexibility index (Phi) is 4.05. The van der Waals surface area contributed by atoms with Gasteiger partial charge in [0.1, 0.15) is 0 Å². The first-order valence-corrected chi connectivity index (χ1v) is 7.26. The van der Waals surface area contributed by atoms with Gasteiger partial charge in [-0.05, 0) is 23.8 Å². The van der Waals surface area contributed by atoms with E-state index in [4.69, 9.17) is 32.7 Å². The van der Waals surface area contributed by atoms with Crippen LogP contribution in [0.4, 0.5) is 0 Å². The maximum atomic E-state index is 12.2. The number of cyclic esters (lactones) is 1. The van der Waals surface area contributed by atoms with Crippen LogP contribution in [0.2, 0.25) is 10.0 Å². The van der Waals surface area contributed by atoms with Crippen LogP contribution >= 0.6 is 23.2 Å². The molecule has 3 rings (SSSR count). The van der Waals surface area contributed by atoms with Crippen LogP contribution in [0.1, 0.15) is 15.9 Å². The first-order valence-electron chi connectivity index (χ1n) is 6.51. The predicted octanol–water partition coefficient (Wildman–Crippen LogP) is 3.68. The molecule has 0 N–H and O–H groups in total. The number of ether oxygens (including phenoxy) is 2. The standard InChI is InChI=1S/C16H10Cl2O4/c17-11-6-3-7-12(18)14(11)22-16(20)13-8-9-4-1-2-5-10(9)15(19)21-13/h1-7,13H,8H2. The van der Waals surface area contributed by atoms with Crippen molar-refractivity contribution in [1.82, 2.24) is 0 Å². The van der Waals surface area contributed by atoms with Crippen molar-refractivity contribution in [3.63, 3.8) is 0 Å². The average molecular weight is 337 g/mol. The maximum Gasteiger partial charge on any atom is 0.353 e. The highest BCUT2D eigenvalue weighted by Crippen LogP contribution is 2.33. The summed E-state index contributed by atoms with van der Waals surface area (Å²) in [5.41, 5.74) is 1.20. The van der Waals surface area contributed by atoms with Crippen LogP contribution in [-0.4, -0.2) is 18.0 Å². The topological polar surface area (TPSA) is 52.6 Å². The number of hydrogen-bond donors (Lipinski definition) is 0. The second kappa shape index (κ2) is 5.99. The number of halogens is 2. The monoisotopic (exact) mass is 336 g/mol. The van der Waals surface area contributed by atoms with E-state index in [1.54, 1.807) is 42.5 Å². The Morgan fingerprint density at radius 2 is 1.77 bits per heavy atom. The lowest BCUT2D eigenvalue weighted by molar-refractivity contribution is -0.144. The Bertz CT molecular complexity index is 737. The smallest absolute Gasteiger partial charge is 0.353 e. The quantitative estimate of drug-likeness (QED) is 0.620. The molecule has 0 fully saturated rings. The first-order chi connectivity index (χ1) is 10.6. The minimum Gasteiger partial charge on any atom is -0.446 e. The molecule has 112 valence electrons. The largest absolute Gasteiger partial charge is 0.446 e. The van der Waals surface area contributed by atoms with Crippen LogP contribution < -0.4 is 4.74 Å². The third-order valence-corrected chi connectivity index (χ3v) is 3.87. The minimum atomic E-state index is -1.02. The molecule has 4 nitrogen and oxygen atoms in total. The number of hydrogen-bond acceptors (Lipinski definition) is 4. The fourth-order valence-electron chi connectivity index (χ4n) is 2.21. The predicted molar refractivity (Wildman–Crippen MR) is 81.4 cm³/mol. The number of carbonyl (C=O) groups excluding carboxylic acids is 2. The van der Waals surface area contributed by atoms with Crippen LogP contribution in [0.5, 0.6) is 5.75 Å². The maximum absolute atomic E-state index is 12.2. The highest BCUT2D eigenvalue weighted by atomic mass is 35.5. The zero-order valence-electron chi connectivity index (χ0n) is 11.2. The van der Waals surface area contributed by atoms with Gasteiger partial charge in [-0.25, -0.2) is 9.59 Å². The van der Waals surface area contributed by atoms with Gasteiger partial charge in [-0.3, -0.25) is 0 Å². The molecular formula is C16H10Cl2O4. The molecule has 0 aliphatic carbocycles. The summed E-state index contributed by atoms with van der Waals surface area (Å²) in [6.45, 7) is 0. The summed E-state index contributed by atoms with van der Waals surface area (Å²) in [6.07, 6.45) is -0.766. The molecule has 1 aliphatic rings. The van der Waals surface area contributed by atoms with E-state index in [2.05, 4.69) is 0 Å². The van der Waals surface area contributed by atoms with Crippen molar-refractivity contribution in [2.24, 2.45) is 0 Å². The van der Waals surface area contributed by atoms with Gasteiger partial charge in [-0.2, -0.15) is 0 Å². The Morgan fingerprint density at radius 3 is 2.50 bits per heavy atom. The molecule has 22 heavy (non-hydrogen) atoms. The summed E-state index contributed by atoms with van der Waals surface area (Å²) >= 11 is 11.9. The highest BCUT2D eigenvalue weighted by molar-refractivity contribution is 6.37. The van der Waals surface area contributed by atoms with Gasteiger partial charge in [-0.1, -0.05) is 47.5 Å². The summed E-state index contributed by atoms with van der Waals surface area (Å²) in [7, 11) is 0. The Morgan fingerprint density at radius 1 is 1.09 bits per heavy atom. The van der Waals surface area contributed by atoms with Crippen LogP contribution in [0.3, 0.4) is 0 Å². The van der Waals surface area contributed by atoms with Gasteiger partial charge in [-0.15, -0.1) is 0 Å². The molecule has 0 spiro atoms. The van der Waals surface area contributed by atoms with Crippen molar-refractivity contribution in [1.29, 1.82) is 0 Å². The van der Waals surface area contributed by atoms with Gasteiger partial charge < -0.3 is 9.47 Å². The first kappa shape index (κ1) is 14.9. The van der Waals surface area contributed by atoms with E-state index in [0.29, 0.717) is 5.56 Å². The van der Waals surface area contributed by atoms with E-state index in [1.807, 2.05) is 0 Å². The number of para-hydroxylation sites is 1. The van der Waals surface area contributed by atoms with Crippen molar-refractivity contribution in [3.8, 4) is 5.75 Å². The van der Waals surface area contributed by atoms with E-state index in [9.17, 15) is 9.59 Å². The minimum absolute atomic E-state index is 0.0609. The molecule has 0 aromatic heterocycles. The van der Waals surface area contributed by atoms with Crippen LogP contribution in [-0.2, 0) is 16.0 Å². The van der Waals surface area contributed by atoms with E-state index in [0.717, 1.165) is 5.56 Å². The van der Waals surface area contributed by atoms with Crippen molar-refractivity contribution in [2.45, 2.75) is 12.5 Å². The highest BCUT2D eigenvalue weighted by Gasteiger charge is 2.33. The van der Waals surface area contributed by atoms with Crippen molar-refractivity contribution >= 4 is 35.1 Å². The Labute approximate surface area is 136 Å². The Hall–Kier alpha value is -2.04. The van der Waals surface area contributed by atoms with Crippen molar-refractivity contribution in [3.05, 3.63) is 63.6 Å². The van der Waals surface area contributed by atoms with Gasteiger partial charge in [0.2, 0.25) is 6.10 Å². The number of rotatable bonds is 2. The summed E-state index contributed by atoms with van der Waals surface area (Å²) in [5.74, 6) is -1.20. The number of benzene rings is 2. The zero-order chi connectivity index (χ0) is 15.7. The van der Waals surface area contributed by atoms with Crippen molar-refractivity contribution in [2.75, 3.05) is 0 Å². The van der Waals surface area contributed by atoms with Gasteiger partial charge in [0.05, 0.1) is 15.6 Å². The molecule has 2 aromatic carbocycles. The lowest BCUT2D eigenvalue weighted by Crippen LogP contribution is -2.37. The molecule has 0 saturated heterocycles. The summed E-state index contributed by atoms with van der Waals surface area (Å²) < 4.78 is 10.3. The second-order valence-electron chi connectivity index (χ2n) is 4.73. The second-order valence-corrected chi connectivity index (χ2v) is 5.54. The van der Waals surface area contributed by atoms with E-state index in [-0.39, 0.29) is 22.2 Å². The lowest BCUT2D eigenvalue weighted by Gasteiger charge is -2.23. The molecule has 1 heterocycles. The molecule has 0 bridgehead atoms. The van der Waals surface area contributed by atoms with Gasteiger partial charge >= 0.3 is 11.9 Å². The van der Waals surface area contributed by atoms with E-state index in [1.165, 1.54) is 0 Å². The number of fused-ring (bicyclic) bond motifs is 1. The third kappa shape index (κ3) is 2.80. The molecule has 1 atom stereocenters.